The third-order valence-corrected chi connectivity index (χ3v) is 7.67. The maximum absolute atomic E-state index is 13.2. The fourth-order valence-electron chi connectivity index (χ4n) is 4.00. The first kappa shape index (κ1) is 21.6. The summed E-state index contributed by atoms with van der Waals surface area (Å²) in [6.07, 6.45) is 7.91. The summed E-state index contributed by atoms with van der Waals surface area (Å²) in [6.45, 7) is 3.99. The number of pyridine rings is 1. The fraction of sp³-hybridized carbons (Fsp3) is 0.455. The molecule has 2 aromatic rings. The molecule has 0 aliphatic carbocycles. The van der Waals surface area contributed by atoms with Gasteiger partial charge < -0.3 is 9.64 Å². The van der Waals surface area contributed by atoms with Gasteiger partial charge in [0.05, 0.1) is 32.1 Å². The average molecular weight is 444 g/mol. The second kappa shape index (κ2) is 9.65. The Labute approximate surface area is 184 Å². The van der Waals surface area contributed by atoms with Crippen LogP contribution in [-0.2, 0) is 10.0 Å². The molecule has 2 fully saturated rings. The van der Waals surface area contributed by atoms with E-state index in [0.717, 1.165) is 36.3 Å². The van der Waals surface area contributed by atoms with Crippen LogP contribution >= 0.6 is 0 Å². The zero-order valence-corrected chi connectivity index (χ0v) is 18.7. The van der Waals surface area contributed by atoms with E-state index in [-0.39, 0.29) is 0 Å². The van der Waals surface area contributed by atoms with Gasteiger partial charge in [-0.15, -0.1) is 0 Å². The molecule has 0 saturated carbocycles. The van der Waals surface area contributed by atoms with Crippen LogP contribution in [0.15, 0.2) is 52.7 Å². The first-order chi connectivity index (χ1) is 15.1. The molecule has 4 rings (SSSR count). The maximum Gasteiger partial charge on any atom is 0.246 e. The molecule has 2 aliphatic rings. The van der Waals surface area contributed by atoms with Crippen LogP contribution in [0.4, 0.5) is 5.69 Å². The van der Waals surface area contributed by atoms with E-state index in [1.54, 1.807) is 17.6 Å². The van der Waals surface area contributed by atoms with E-state index in [1.807, 2.05) is 41.6 Å². The molecule has 1 aromatic heterocycles. The lowest BCUT2D eigenvalue weighted by atomic mass is 10.2. The predicted molar refractivity (Wildman–Crippen MR) is 121 cm³/mol. The van der Waals surface area contributed by atoms with E-state index < -0.39 is 10.0 Å². The summed E-state index contributed by atoms with van der Waals surface area (Å²) in [5.74, 6) is 0.800. The van der Waals surface area contributed by atoms with Gasteiger partial charge in [-0.3, -0.25) is 9.99 Å². The molecule has 0 amide bonds. The van der Waals surface area contributed by atoms with E-state index in [1.165, 1.54) is 6.20 Å². The number of anilines is 1. The topological polar surface area (TPSA) is 78.3 Å². The summed E-state index contributed by atoms with van der Waals surface area (Å²) in [6, 6.07) is 9.57. The van der Waals surface area contributed by atoms with E-state index in [4.69, 9.17) is 4.74 Å². The Kier molecular flexibility index (Phi) is 6.72. The molecule has 0 spiro atoms. The second-order valence-corrected chi connectivity index (χ2v) is 9.68. The smallest absolute Gasteiger partial charge is 0.246 e. The number of aromatic nitrogens is 1. The van der Waals surface area contributed by atoms with Crippen molar-refractivity contribution in [2.75, 3.05) is 51.3 Å². The minimum Gasteiger partial charge on any atom is -0.497 e. The van der Waals surface area contributed by atoms with Gasteiger partial charge in [0.2, 0.25) is 10.0 Å². The monoisotopic (exact) mass is 443 g/mol. The lowest BCUT2D eigenvalue weighted by molar-refractivity contribution is 0.271. The summed E-state index contributed by atoms with van der Waals surface area (Å²) in [5, 5.41) is 6.60. The molecule has 2 aliphatic heterocycles. The molecule has 0 bridgehead atoms. The highest BCUT2D eigenvalue weighted by Crippen LogP contribution is 2.29. The lowest BCUT2D eigenvalue weighted by Gasteiger charge is -2.36. The van der Waals surface area contributed by atoms with Gasteiger partial charge in [-0.25, -0.2) is 8.42 Å². The molecule has 0 N–H and O–H groups in total. The number of nitrogens with zero attached hydrogens (tertiary/aromatic N) is 5. The van der Waals surface area contributed by atoms with Crippen molar-refractivity contribution >= 4 is 21.9 Å². The van der Waals surface area contributed by atoms with Gasteiger partial charge in [-0.1, -0.05) is 18.6 Å². The van der Waals surface area contributed by atoms with Crippen LogP contribution in [0.5, 0.6) is 5.75 Å². The number of piperazine rings is 1. The SMILES string of the molecule is COc1cccc(/C=N\N2CCN(c3ccncc3S(=O)(=O)N3CCCCC3)CC2)c1. The first-order valence-electron chi connectivity index (χ1n) is 10.7. The maximum atomic E-state index is 13.2. The van der Waals surface area contributed by atoms with Crippen LogP contribution in [0.2, 0.25) is 0 Å². The highest BCUT2D eigenvalue weighted by Gasteiger charge is 2.30. The number of rotatable bonds is 6. The third kappa shape index (κ3) is 4.99. The van der Waals surface area contributed by atoms with Crippen LogP contribution in [0.3, 0.4) is 0 Å². The van der Waals surface area contributed by atoms with Gasteiger partial charge in [0.25, 0.3) is 0 Å². The van der Waals surface area contributed by atoms with E-state index in [0.29, 0.717) is 44.2 Å². The van der Waals surface area contributed by atoms with Crippen molar-refractivity contribution in [1.29, 1.82) is 0 Å². The molecule has 31 heavy (non-hydrogen) atoms. The van der Waals surface area contributed by atoms with E-state index in [2.05, 4.69) is 15.0 Å². The Bertz CT molecular complexity index is 1010. The minimum atomic E-state index is -3.53. The molecule has 0 radical (unpaired) electrons. The highest BCUT2D eigenvalue weighted by molar-refractivity contribution is 7.89. The second-order valence-electron chi connectivity index (χ2n) is 7.77. The first-order valence-corrected chi connectivity index (χ1v) is 12.1. The number of hydrazone groups is 1. The van der Waals surface area contributed by atoms with Gasteiger partial charge in [-0.2, -0.15) is 9.41 Å². The zero-order chi connectivity index (χ0) is 21.7. The molecule has 1 aromatic carbocycles. The summed E-state index contributed by atoms with van der Waals surface area (Å²) < 4.78 is 33.3. The van der Waals surface area contributed by atoms with E-state index in [9.17, 15) is 8.42 Å². The van der Waals surface area contributed by atoms with Crippen molar-refractivity contribution in [1.82, 2.24) is 14.3 Å². The Morgan fingerprint density at radius 2 is 1.81 bits per heavy atom. The van der Waals surface area contributed by atoms with Crippen molar-refractivity contribution in [2.24, 2.45) is 5.10 Å². The number of piperidine rings is 1. The summed E-state index contributed by atoms with van der Waals surface area (Å²) in [7, 11) is -1.89. The number of ether oxygens (including phenoxy) is 1. The molecular weight excluding hydrogens is 414 g/mol. The molecular formula is C22H29N5O3S. The Morgan fingerprint density at radius 1 is 1.03 bits per heavy atom. The largest absolute Gasteiger partial charge is 0.497 e. The van der Waals surface area contributed by atoms with Crippen LogP contribution in [0.25, 0.3) is 0 Å². The van der Waals surface area contributed by atoms with Gasteiger partial charge in [0.15, 0.2) is 0 Å². The van der Waals surface area contributed by atoms with Gasteiger partial charge in [0, 0.05) is 38.6 Å². The van der Waals surface area contributed by atoms with Crippen LogP contribution in [0.1, 0.15) is 24.8 Å². The van der Waals surface area contributed by atoms with Gasteiger partial charge >= 0.3 is 0 Å². The van der Waals surface area contributed by atoms with Crippen molar-refractivity contribution in [3.8, 4) is 5.75 Å². The average Bonchev–Trinajstić information content (AvgIpc) is 2.84. The molecule has 8 nitrogen and oxygen atoms in total. The van der Waals surface area contributed by atoms with Gasteiger partial charge in [0.1, 0.15) is 10.6 Å². The summed E-state index contributed by atoms with van der Waals surface area (Å²) in [5.41, 5.74) is 1.71. The van der Waals surface area contributed by atoms with Crippen molar-refractivity contribution in [3.63, 3.8) is 0 Å². The number of hydrogen-bond acceptors (Lipinski definition) is 7. The van der Waals surface area contributed by atoms with Gasteiger partial charge in [-0.05, 0) is 36.6 Å². The quantitative estimate of drug-likeness (QED) is 0.638. The Hall–Kier alpha value is -2.65. The Morgan fingerprint density at radius 3 is 2.55 bits per heavy atom. The number of benzene rings is 1. The molecule has 166 valence electrons. The zero-order valence-electron chi connectivity index (χ0n) is 17.9. The standard InChI is InChI=1S/C22H29N5O3S/c1-30-20-7-5-6-19(16-20)17-24-26-14-12-25(13-15-26)21-8-9-23-18-22(21)31(28,29)27-10-3-2-4-11-27/h5-9,16-18H,2-4,10-15H2,1H3/b24-17-. The number of hydrogen-bond donors (Lipinski definition) is 0. The van der Waals surface area contributed by atoms with Crippen LogP contribution in [-0.4, -0.2) is 75.3 Å². The Balaban J connectivity index is 1.44. The van der Waals surface area contributed by atoms with Crippen molar-refractivity contribution in [2.45, 2.75) is 24.2 Å². The predicted octanol–water partition coefficient (Wildman–Crippen LogP) is 2.42. The molecule has 9 heteroatoms. The number of methoxy groups -OCH3 is 1. The fourth-order valence-corrected chi connectivity index (χ4v) is 5.67. The molecule has 2 saturated heterocycles. The molecule has 0 unspecified atom stereocenters. The van der Waals surface area contributed by atoms with Crippen molar-refractivity contribution in [3.05, 3.63) is 48.3 Å². The number of sulfonamides is 1. The molecule has 3 heterocycles. The van der Waals surface area contributed by atoms with Crippen LogP contribution < -0.4 is 9.64 Å². The highest BCUT2D eigenvalue weighted by atomic mass is 32.2. The summed E-state index contributed by atoms with van der Waals surface area (Å²) in [4.78, 5) is 6.55. The van der Waals surface area contributed by atoms with Crippen molar-refractivity contribution < 1.29 is 13.2 Å². The minimum absolute atomic E-state index is 0.310. The third-order valence-electron chi connectivity index (χ3n) is 5.76. The molecule has 0 atom stereocenters. The lowest BCUT2D eigenvalue weighted by Crippen LogP contribution is -2.45. The summed E-state index contributed by atoms with van der Waals surface area (Å²) >= 11 is 0. The normalized spacial score (nSPS) is 18.5. The van der Waals surface area contributed by atoms with Crippen LogP contribution in [0, 0.1) is 0 Å². The van der Waals surface area contributed by atoms with E-state index >= 15 is 0 Å².